The van der Waals surface area contributed by atoms with E-state index in [4.69, 9.17) is 0 Å². The zero-order chi connectivity index (χ0) is 7.89. The summed E-state index contributed by atoms with van der Waals surface area (Å²) < 4.78 is 1.52. The number of hydrogen-bond acceptors (Lipinski definition) is 0. The van der Waals surface area contributed by atoms with Gasteiger partial charge >= 0.3 is 74.1 Å². The molecule has 0 aromatic carbocycles. The van der Waals surface area contributed by atoms with Crippen LogP contribution in [0.2, 0.25) is 0 Å². The van der Waals surface area contributed by atoms with Crippen LogP contribution in [0.25, 0.3) is 0 Å². The molecule has 1 rings (SSSR count). The molecule has 0 radical (unpaired) electrons. The fourth-order valence-corrected chi connectivity index (χ4v) is 2.21. The second kappa shape index (κ2) is 2.66. The monoisotopic (exact) mass is 316 g/mol. The summed E-state index contributed by atoms with van der Waals surface area (Å²) in [5, 5.41) is 0. The Morgan fingerprint density at radius 2 is 1.60 bits per heavy atom. The molecule has 0 aromatic rings. The Morgan fingerprint density at radius 3 is 1.70 bits per heavy atom. The molecule has 10 heavy (non-hydrogen) atoms. The van der Waals surface area contributed by atoms with Gasteiger partial charge in [-0.25, -0.2) is 0 Å². The fourth-order valence-electron chi connectivity index (χ4n) is 1.29. The first-order valence-electron chi connectivity index (χ1n) is 3.56. The van der Waals surface area contributed by atoms with Crippen molar-refractivity contribution in [3.8, 4) is 0 Å². The minimum absolute atomic E-state index is 0.682. The van der Waals surface area contributed by atoms with Gasteiger partial charge in [0.1, 0.15) is 0 Å². The predicted molar refractivity (Wildman–Crippen MR) is 40.2 cm³/mol. The molecule has 0 aromatic heterocycles. The quantitative estimate of drug-likeness (QED) is 0.645. The molecule has 0 bridgehead atoms. The van der Waals surface area contributed by atoms with E-state index < -0.39 is 0 Å². The zero-order valence-electron chi connectivity index (χ0n) is 6.89. The van der Waals surface area contributed by atoms with Crippen LogP contribution in [-0.4, -0.2) is 0 Å². The first kappa shape index (κ1) is 8.27. The molecule has 0 aliphatic heterocycles. The van der Waals surface area contributed by atoms with E-state index in [9.17, 15) is 0 Å². The molecule has 1 aliphatic carbocycles. The molecular formula is C9H13Pt. The second-order valence-corrected chi connectivity index (χ2v) is 4.19. The van der Waals surface area contributed by atoms with Gasteiger partial charge in [-0.1, -0.05) is 0 Å². The standard InChI is InChI=1S/C9H13.Pt/c1-6-5-7(2)9(4)8(6)3;/h6H,1-4H3;. The molecule has 0 amide bonds. The summed E-state index contributed by atoms with van der Waals surface area (Å²) in [6.45, 7) is 8.94. The molecular weight excluding hydrogens is 303 g/mol. The number of rotatable bonds is 0. The van der Waals surface area contributed by atoms with Crippen molar-refractivity contribution < 1.29 is 19.8 Å². The van der Waals surface area contributed by atoms with E-state index in [-0.39, 0.29) is 0 Å². The van der Waals surface area contributed by atoms with Crippen LogP contribution in [0.5, 0.6) is 0 Å². The molecule has 0 fully saturated rings. The molecule has 1 unspecified atom stereocenters. The fraction of sp³-hybridized carbons (Fsp3) is 0.556. The van der Waals surface area contributed by atoms with Crippen molar-refractivity contribution in [1.82, 2.24) is 0 Å². The van der Waals surface area contributed by atoms with Crippen LogP contribution in [0.4, 0.5) is 0 Å². The molecule has 0 N–H and O–H groups in total. The van der Waals surface area contributed by atoms with Crippen LogP contribution < -0.4 is 0 Å². The van der Waals surface area contributed by atoms with Crippen molar-refractivity contribution in [1.29, 1.82) is 0 Å². The molecule has 59 valence electrons. The van der Waals surface area contributed by atoms with E-state index in [1.165, 1.54) is 15.1 Å². The molecule has 0 saturated carbocycles. The Kier molecular flexibility index (Phi) is 2.20. The van der Waals surface area contributed by atoms with Gasteiger partial charge in [0, 0.05) is 0 Å². The van der Waals surface area contributed by atoms with Gasteiger partial charge in [-0.2, -0.15) is 0 Å². The van der Waals surface area contributed by atoms with E-state index in [1.807, 2.05) is 0 Å². The van der Waals surface area contributed by atoms with Gasteiger partial charge in [-0.3, -0.25) is 0 Å². The van der Waals surface area contributed by atoms with Gasteiger partial charge in [0.25, 0.3) is 0 Å². The zero-order valence-corrected chi connectivity index (χ0v) is 9.17. The van der Waals surface area contributed by atoms with Crippen LogP contribution >= 0.6 is 0 Å². The van der Waals surface area contributed by atoms with Crippen molar-refractivity contribution in [2.24, 2.45) is 5.92 Å². The van der Waals surface area contributed by atoms with Crippen LogP contribution in [0, 0.1) is 5.92 Å². The van der Waals surface area contributed by atoms with Crippen molar-refractivity contribution in [3.05, 3.63) is 20.7 Å². The summed E-state index contributed by atoms with van der Waals surface area (Å²) in [6, 6.07) is 0. The normalized spacial score (nSPS) is 26.8. The third-order valence-corrected chi connectivity index (χ3v) is 4.33. The summed E-state index contributed by atoms with van der Waals surface area (Å²) in [4.78, 5) is 0. The molecule has 0 heterocycles. The molecule has 1 aliphatic rings. The third kappa shape index (κ3) is 1.03. The van der Waals surface area contributed by atoms with E-state index in [2.05, 4.69) is 47.5 Å². The second-order valence-electron chi connectivity index (χ2n) is 2.97. The van der Waals surface area contributed by atoms with Gasteiger partial charge in [-0.15, -0.1) is 0 Å². The van der Waals surface area contributed by atoms with Crippen molar-refractivity contribution in [3.63, 3.8) is 0 Å². The van der Waals surface area contributed by atoms with Gasteiger partial charge in [0.05, 0.1) is 0 Å². The Balaban J connectivity index is 3.09. The number of hydrogen-bond donors (Lipinski definition) is 0. The molecule has 0 saturated heterocycles. The minimum atomic E-state index is 0.682. The van der Waals surface area contributed by atoms with Crippen LogP contribution in [0.15, 0.2) is 20.7 Å². The van der Waals surface area contributed by atoms with Crippen molar-refractivity contribution in [2.45, 2.75) is 27.7 Å². The Morgan fingerprint density at radius 1 is 1.10 bits per heavy atom. The molecule has 0 spiro atoms. The predicted octanol–water partition coefficient (Wildman–Crippen LogP) is 2.79. The number of allylic oxidation sites excluding steroid dienone is 4. The Bertz CT molecular complexity index is 197. The Labute approximate surface area is 74.3 Å². The first-order chi connectivity index (χ1) is 4.55. The average molecular weight is 316 g/mol. The maximum absolute atomic E-state index is 2.44. The maximum atomic E-state index is 2.44. The topological polar surface area (TPSA) is 0 Å². The molecule has 1 atom stereocenters. The summed E-state index contributed by atoms with van der Waals surface area (Å²) in [5.74, 6) is 0.682. The first-order valence-corrected chi connectivity index (χ1v) is 4.70. The van der Waals surface area contributed by atoms with Crippen molar-refractivity contribution in [2.75, 3.05) is 0 Å². The van der Waals surface area contributed by atoms with Crippen LogP contribution in [0.3, 0.4) is 0 Å². The average Bonchev–Trinajstić information content (AvgIpc) is 2.07. The van der Waals surface area contributed by atoms with Gasteiger partial charge in [0.15, 0.2) is 0 Å². The summed E-state index contributed by atoms with van der Waals surface area (Å²) in [5.41, 5.74) is 4.53. The molecule has 0 nitrogen and oxygen atoms in total. The van der Waals surface area contributed by atoms with Gasteiger partial charge in [0.2, 0.25) is 0 Å². The van der Waals surface area contributed by atoms with Crippen molar-refractivity contribution >= 4 is 0 Å². The summed E-state index contributed by atoms with van der Waals surface area (Å²) in [7, 11) is 0. The SMILES string of the molecule is CC1=C(C)C(C)[C]([Pt])=C1C. The van der Waals surface area contributed by atoms with E-state index in [1.54, 1.807) is 5.57 Å². The summed E-state index contributed by atoms with van der Waals surface area (Å²) in [6.07, 6.45) is 0. The van der Waals surface area contributed by atoms with E-state index in [0.717, 1.165) is 0 Å². The van der Waals surface area contributed by atoms with E-state index in [0.29, 0.717) is 5.92 Å². The molecule has 1 heteroatoms. The van der Waals surface area contributed by atoms with Gasteiger partial charge in [-0.05, 0) is 0 Å². The van der Waals surface area contributed by atoms with Crippen LogP contribution in [-0.2, 0) is 19.8 Å². The summed E-state index contributed by atoms with van der Waals surface area (Å²) >= 11 is 2.44. The van der Waals surface area contributed by atoms with E-state index >= 15 is 0 Å². The van der Waals surface area contributed by atoms with Crippen LogP contribution in [0.1, 0.15) is 27.7 Å². The van der Waals surface area contributed by atoms with Gasteiger partial charge < -0.3 is 0 Å². The third-order valence-electron chi connectivity index (χ3n) is 2.49. The Hall–Kier alpha value is 0.168.